The van der Waals surface area contributed by atoms with Crippen molar-refractivity contribution in [1.82, 2.24) is 14.5 Å². The zero-order valence-corrected chi connectivity index (χ0v) is 13.5. The van der Waals surface area contributed by atoms with Gasteiger partial charge in [0.25, 0.3) is 0 Å². The molecule has 0 bridgehead atoms. The number of rotatable bonds is 5. The van der Waals surface area contributed by atoms with Crippen molar-refractivity contribution in [2.45, 2.75) is 31.7 Å². The minimum Gasteiger partial charge on any atom is -0.383 e. The zero-order chi connectivity index (χ0) is 15.6. The molecule has 0 aromatic carbocycles. The summed E-state index contributed by atoms with van der Waals surface area (Å²) in [4.78, 5) is 9.60. The maximum absolute atomic E-state index is 5.99. The quantitative estimate of drug-likeness (QED) is 0.502. The molecule has 5 nitrogen and oxygen atoms in total. The maximum atomic E-state index is 5.99. The molecule has 4 N–H and O–H groups in total. The number of thioether (sulfide) groups is 1. The minimum absolute atomic E-state index is 0.204. The Hall–Kier alpha value is -1.95. The van der Waals surface area contributed by atoms with Crippen molar-refractivity contribution < 1.29 is 0 Å². The van der Waals surface area contributed by atoms with Crippen LogP contribution in [-0.4, -0.2) is 14.5 Å². The molecule has 2 aromatic rings. The van der Waals surface area contributed by atoms with Crippen LogP contribution in [0.1, 0.15) is 25.3 Å². The Labute approximate surface area is 129 Å². The lowest BCUT2D eigenvalue weighted by molar-refractivity contribution is 0.840. The summed E-state index contributed by atoms with van der Waals surface area (Å²) in [6, 6.07) is 0. The topological polar surface area (TPSA) is 82.8 Å². The van der Waals surface area contributed by atoms with E-state index in [9.17, 15) is 0 Å². The maximum Gasteiger partial charge on any atom is 0.223 e. The van der Waals surface area contributed by atoms with Crippen LogP contribution in [0.4, 0.5) is 11.8 Å². The summed E-state index contributed by atoms with van der Waals surface area (Å²) in [5.74, 6) is 0.640. The lowest BCUT2D eigenvalue weighted by Crippen LogP contribution is -2.01. The molecule has 6 heteroatoms. The molecule has 0 atom stereocenters. The van der Waals surface area contributed by atoms with E-state index in [1.807, 2.05) is 24.6 Å². The van der Waals surface area contributed by atoms with Gasteiger partial charge in [-0.1, -0.05) is 23.9 Å². The number of unbranched alkanes of at least 4 members (excludes halogenated alkanes) is 1. The van der Waals surface area contributed by atoms with E-state index in [1.165, 1.54) is 4.91 Å². The third-order valence-corrected chi connectivity index (χ3v) is 4.58. The molecule has 2 rings (SSSR count). The van der Waals surface area contributed by atoms with E-state index in [4.69, 9.17) is 11.5 Å². The predicted molar refractivity (Wildman–Crippen MR) is 91.1 cm³/mol. The van der Waals surface area contributed by atoms with Crippen molar-refractivity contribution in [3.8, 4) is 0 Å². The van der Waals surface area contributed by atoms with E-state index < -0.39 is 0 Å². The Morgan fingerprint density at radius 2 is 2.05 bits per heavy atom. The molecule has 21 heavy (non-hydrogen) atoms. The monoisotopic (exact) mass is 303 g/mol. The lowest BCUT2D eigenvalue weighted by atomic mass is 10.2. The molecular formula is C15H21N5S. The molecule has 0 fully saturated rings. The van der Waals surface area contributed by atoms with Crippen LogP contribution in [0.25, 0.3) is 11.0 Å². The van der Waals surface area contributed by atoms with Gasteiger partial charge in [0.1, 0.15) is 11.5 Å². The Morgan fingerprint density at radius 1 is 1.33 bits per heavy atom. The normalized spacial score (nSPS) is 12.0. The lowest BCUT2D eigenvalue weighted by Gasteiger charge is -2.05. The first-order valence-corrected chi connectivity index (χ1v) is 7.60. The predicted octanol–water partition coefficient (Wildman–Crippen LogP) is 3.40. The molecule has 0 spiro atoms. The molecule has 2 heterocycles. The second-order valence-corrected chi connectivity index (χ2v) is 6.17. The number of nitrogens with two attached hydrogens (primary N) is 2. The van der Waals surface area contributed by atoms with E-state index in [1.54, 1.807) is 11.8 Å². The Balaban J connectivity index is 2.43. The number of aromatic nitrogens is 3. The Morgan fingerprint density at radius 3 is 2.71 bits per heavy atom. The molecule has 0 aliphatic heterocycles. The van der Waals surface area contributed by atoms with Gasteiger partial charge in [-0.05, 0) is 37.2 Å². The smallest absolute Gasteiger partial charge is 0.223 e. The van der Waals surface area contributed by atoms with Crippen molar-refractivity contribution in [2.24, 2.45) is 7.05 Å². The van der Waals surface area contributed by atoms with Crippen LogP contribution < -0.4 is 11.5 Å². The first-order valence-electron chi connectivity index (χ1n) is 6.79. The molecule has 0 saturated carbocycles. The van der Waals surface area contributed by atoms with E-state index in [2.05, 4.69) is 29.5 Å². The van der Waals surface area contributed by atoms with E-state index in [-0.39, 0.29) is 5.95 Å². The highest BCUT2D eigenvalue weighted by Gasteiger charge is 2.17. The van der Waals surface area contributed by atoms with Crippen LogP contribution in [-0.2, 0) is 7.05 Å². The number of aryl methyl sites for hydroxylation is 2. The van der Waals surface area contributed by atoms with Gasteiger partial charge < -0.3 is 16.0 Å². The van der Waals surface area contributed by atoms with Crippen LogP contribution in [0.2, 0.25) is 0 Å². The zero-order valence-electron chi connectivity index (χ0n) is 12.7. The Bertz CT molecular complexity index is 715. The second-order valence-electron chi connectivity index (χ2n) is 4.94. The third-order valence-electron chi connectivity index (χ3n) is 3.31. The van der Waals surface area contributed by atoms with Crippen molar-refractivity contribution in [3.63, 3.8) is 0 Å². The van der Waals surface area contributed by atoms with Gasteiger partial charge >= 0.3 is 0 Å². The molecule has 112 valence electrons. The van der Waals surface area contributed by atoms with Crippen molar-refractivity contribution in [1.29, 1.82) is 0 Å². The minimum atomic E-state index is 0.204. The van der Waals surface area contributed by atoms with Gasteiger partial charge in [-0.2, -0.15) is 9.97 Å². The average molecular weight is 303 g/mol. The molecular weight excluding hydrogens is 282 g/mol. The molecule has 0 radical (unpaired) electrons. The van der Waals surface area contributed by atoms with E-state index >= 15 is 0 Å². The van der Waals surface area contributed by atoms with Crippen molar-refractivity contribution in [3.05, 3.63) is 29.2 Å². The highest BCUT2D eigenvalue weighted by atomic mass is 32.2. The van der Waals surface area contributed by atoms with Crippen molar-refractivity contribution >= 4 is 34.6 Å². The summed E-state index contributed by atoms with van der Waals surface area (Å²) in [6.07, 6.45) is 6.13. The largest absolute Gasteiger partial charge is 0.383 e. The summed E-state index contributed by atoms with van der Waals surface area (Å²) in [5, 5.41) is 2.00. The summed E-state index contributed by atoms with van der Waals surface area (Å²) in [6.45, 7) is 7.88. The summed E-state index contributed by atoms with van der Waals surface area (Å²) >= 11 is 1.71. The average Bonchev–Trinajstić information content (AvgIpc) is 2.64. The SMILES string of the molecule is C=CCC/C=C(\C)Sc1c(C)c2c(N)nc(N)nc2n1C. The van der Waals surface area contributed by atoms with Gasteiger partial charge in [-0.25, -0.2) is 0 Å². The summed E-state index contributed by atoms with van der Waals surface area (Å²) < 4.78 is 2.02. The summed E-state index contributed by atoms with van der Waals surface area (Å²) in [7, 11) is 1.97. The molecule has 0 saturated heterocycles. The first-order chi connectivity index (χ1) is 9.95. The highest BCUT2D eigenvalue weighted by Crippen LogP contribution is 2.36. The number of anilines is 2. The number of fused-ring (bicyclic) bond motifs is 1. The third kappa shape index (κ3) is 3.05. The first kappa shape index (κ1) is 15.4. The fourth-order valence-electron chi connectivity index (χ4n) is 2.28. The fraction of sp³-hybridized carbons (Fsp3) is 0.333. The molecule has 0 unspecified atom stereocenters. The van der Waals surface area contributed by atoms with Gasteiger partial charge in [-0.3, -0.25) is 0 Å². The number of hydrogen-bond acceptors (Lipinski definition) is 5. The van der Waals surface area contributed by atoms with Gasteiger partial charge in [0.15, 0.2) is 0 Å². The molecule has 0 amide bonds. The molecule has 0 aliphatic carbocycles. The van der Waals surface area contributed by atoms with E-state index in [0.29, 0.717) is 5.82 Å². The summed E-state index contributed by atoms with van der Waals surface area (Å²) in [5.41, 5.74) is 13.5. The number of nitrogen functional groups attached to an aromatic ring is 2. The van der Waals surface area contributed by atoms with Crippen LogP contribution in [0, 0.1) is 6.92 Å². The molecule has 2 aromatic heterocycles. The van der Waals surface area contributed by atoms with Crippen LogP contribution >= 0.6 is 11.8 Å². The number of allylic oxidation sites excluding steroid dienone is 3. The Kier molecular flexibility index (Phi) is 4.57. The van der Waals surface area contributed by atoms with Crippen LogP contribution in [0.15, 0.2) is 28.7 Å². The highest BCUT2D eigenvalue weighted by molar-refractivity contribution is 8.03. The van der Waals surface area contributed by atoms with E-state index in [0.717, 1.165) is 34.5 Å². The fourth-order valence-corrected chi connectivity index (χ4v) is 3.27. The van der Waals surface area contributed by atoms with Gasteiger partial charge in [0.2, 0.25) is 5.95 Å². The van der Waals surface area contributed by atoms with Crippen molar-refractivity contribution in [2.75, 3.05) is 11.5 Å². The van der Waals surface area contributed by atoms with Crippen LogP contribution in [0.5, 0.6) is 0 Å². The van der Waals surface area contributed by atoms with Gasteiger partial charge in [-0.15, -0.1) is 6.58 Å². The standard InChI is InChI=1S/C15H21N5S/c1-5-6-7-8-9(2)21-14-10(3)11-12(16)18-15(17)19-13(11)20(14)4/h5,8H,1,6-7H2,2-4H3,(H4,16,17,18,19)/b9-8+. The second kappa shape index (κ2) is 6.22. The van der Waals surface area contributed by atoms with Crippen LogP contribution in [0.3, 0.4) is 0 Å². The number of nitrogens with zero attached hydrogens (tertiary/aromatic N) is 3. The number of hydrogen-bond donors (Lipinski definition) is 2. The van der Waals surface area contributed by atoms with Gasteiger partial charge in [0, 0.05) is 7.05 Å². The molecule has 0 aliphatic rings. The van der Waals surface area contributed by atoms with Gasteiger partial charge in [0.05, 0.1) is 10.4 Å².